The highest BCUT2D eigenvalue weighted by Crippen LogP contribution is 2.22. The topological polar surface area (TPSA) is 50.9 Å². The van der Waals surface area contributed by atoms with Gasteiger partial charge in [0.25, 0.3) is 0 Å². The molecule has 1 aromatic heterocycles. The highest BCUT2D eigenvalue weighted by atomic mass is 79.9. The van der Waals surface area contributed by atoms with Gasteiger partial charge in [-0.25, -0.2) is 4.98 Å². The Morgan fingerprint density at radius 2 is 2.43 bits per heavy atom. The van der Waals surface area contributed by atoms with Gasteiger partial charge in [0, 0.05) is 25.2 Å². The van der Waals surface area contributed by atoms with E-state index in [4.69, 9.17) is 12.2 Å². The summed E-state index contributed by atoms with van der Waals surface area (Å²) in [6.07, 6.45) is 8.56. The van der Waals surface area contributed by atoms with Crippen LogP contribution in [0.25, 0.3) is 0 Å². The van der Waals surface area contributed by atoms with Crippen molar-refractivity contribution in [1.82, 2.24) is 4.98 Å². The van der Waals surface area contributed by atoms with Crippen LogP contribution in [0, 0.1) is 12.3 Å². The zero-order chi connectivity index (χ0) is 10.4. The van der Waals surface area contributed by atoms with Gasteiger partial charge in [-0.1, -0.05) is 0 Å². The number of aromatic nitrogens is 1. The number of pyridine rings is 1. The Balaban J connectivity index is 2.50. The quantitative estimate of drug-likeness (QED) is 0.640. The monoisotopic (exact) mass is 253 g/mol. The molecule has 0 atom stereocenters. The molecule has 0 aliphatic rings. The van der Waals surface area contributed by atoms with Crippen LogP contribution in [0.4, 0.5) is 11.5 Å². The molecule has 0 radical (unpaired) electrons. The maximum absolute atomic E-state index is 5.55. The Hall–Kier alpha value is -1.21. The Kier molecular flexibility index (Phi) is 4.27. The van der Waals surface area contributed by atoms with E-state index in [2.05, 4.69) is 32.2 Å². The molecule has 3 N–H and O–H groups in total. The van der Waals surface area contributed by atoms with Gasteiger partial charge in [-0.15, -0.1) is 12.3 Å². The summed E-state index contributed by atoms with van der Waals surface area (Å²) in [5.41, 5.74) is 6.51. The maximum Gasteiger partial charge on any atom is 0.125 e. The standard InChI is InChI=1S/C10H12BrN3/c1-2-3-4-5-13-9-6-10(12)14-7-8(9)11/h1,6-7H,3-5H2,(H3,12,13,14). The van der Waals surface area contributed by atoms with Crippen molar-refractivity contribution in [3.8, 4) is 12.3 Å². The molecular formula is C10H12BrN3. The number of nitrogens with zero attached hydrogens (tertiary/aromatic N) is 1. The number of hydrogen-bond donors (Lipinski definition) is 2. The number of nitrogens with one attached hydrogen (secondary N) is 1. The van der Waals surface area contributed by atoms with Crippen LogP contribution in [0.2, 0.25) is 0 Å². The van der Waals surface area contributed by atoms with Gasteiger partial charge in [-0.2, -0.15) is 0 Å². The van der Waals surface area contributed by atoms with Gasteiger partial charge in [0.1, 0.15) is 5.82 Å². The number of nitrogen functional groups attached to an aromatic ring is 1. The molecule has 0 unspecified atom stereocenters. The lowest BCUT2D eigenvalue weighted by Crippen LogP contribution is -2.03. The number of unbranched alkanes of at least 4 members (excludes halogenated alkanes) is 1. The summed E-state index contributed by atoms with van der Waals surface area (Å²) in [5, 5.41) is 3.23. The van der Waals surface area contributed by atoms with Crippen LogP contribution in [0.5, 0.6) is 0 Å². The molecule has 0 bridgehead atoms. The molecule has 4 heteroatoms. The van der Waals surface area contributed by atoms with Gasteiger partial charge in [0.15, 0.2) is 0 Å². The fraction of sp³-hybridized carbons (Fsp3) is 0.300. The summed E-state index contributed by atoms with van der Waals surface area (Å²) >= 11 is 3.38. The van der Waals surface area contributed by atoms with E-state index in [-0.39, 0.29) is 0 Å². The lowest BCUT2D eigenvalue weighted by molar-refractivity contribution is 0.906. The first-order valence-corrected chi connectivity index (χ1v) is 5.11. The zero-order valence-corrected chi connectivity index (χ0v) is 9.34. The average molecular weight is 254 g/mol. The minimum Gasteiger partial charge on any atom is -0.384 e. The minimum absolute atomic E-state index is 0.507. The molecular weight excluding hydrogens is 242 g/mol. The van der Waals surface area contributed by atoms with Crippen LogP contribution in [0.1, 0.15) is 12.8 Å². The number of terminal acetylenes is 1. The molecule has 0 aromatic carbocycles. The minimum atomic E-state index is 0.507. The van der Waals surface area contributed by atoms with E-state index in [0.717, 1.165) is 29.5 Å². The van der Waals surface area contributed by atoms with E-state index < -0.39 is 0 Å². The van der Waals surface area contributed by atoms with Crippen LogP contribution in [0.15, 0.2) is 16.7 Å². The van der Waals surface area contributed by atoms with Gasteiger partial charge in [0.2, 0.25) is 0 Å². The summed E-state index contributed by atoms with van der Waals surface area (Å²) in [6.45, 7) is 0.840. The van der Waals surface area contributed by atoms with Crippen molar-refractivity contribution < 1.29 is 0 Å². The van der Waals surface area contributed by atoms with Crippen LogP contribution >= 0.6 is 15.9 Å². The normalized spacial score (nSPS) is 9.43. The molecule has 74 valence electrons. The second-order valence-electron chi connectivity index (χ2n) is 2.82. The molecule has 1 aromatic rings. The van der Waals surface area contributed by atoms with Crippen molar-refractivity contribution >= 4 is 27.4 Å². The van der Waals surface area contributed by atoms with Crippen molar-refractivity contribution in [2.45, 2.75) is 12.8 Å². The van der Waals surface area contributed by atoms with E-state index in [9.17, 15) is 0 Å². The third-order valence-electron chi connectivity index (χ3n) is 1.69. The highest BCUT2D eigenvalue weighted by molar-refractivity contribution is 9.10. The maximum atomic E-state index is 5.55. The van der Waals surface area contributed by atoms with Gasteiger partial charge in [0.05, 0.1) is 10.2 Å². The summed E-state index contributed by atoms with van der Waals surface area (Å²) in [5.74, 6) is 3.10. The molecule has 14 heavy (non-hydrogen) atoms. The number of rotatable bonds is 4. The Labute approximate surface area is 92.2 Å². The predicted molar refractivity (Wildman–Crippen MR) is 62.9 cm³/mol. The molecule has 0 fully saturated rings. The number of halogens is 1. The van der Waals surface area contributed by atoms with E-state index in [1.165, 1.54) is 0 Å². The Morgan fingerprint density at radius 1 is 1.64 bits per heavy atom. The largest absolute Gasteiger partial charge is 0.384 e. The van der Waals surface area contributed by atoms with Crippen molar-refractivity contribution in [3.63, 3.8) is 0 Å². The summed E-state index contributed by atoms with van der Waals surface area (Å²) in [7, 11) is 0. The zero-order valence-electron chi connectivity index (χ0n) is 7.76. The molecule has 0 aliphatic carbocycles. The van der Waals surface area contributed by atoms with Crippen LogP contribution in [-0.2, 0) is 0 Å². The van der Waals surface area contributed by atoms with Crippen molar-refractivity contribution in [2.75, 3.05) is 17.6 Å². The lowest BCUT2D eigenvalue weighted by atomic mass is 10.3. The molecule has 0 saturated carbocycles. The van der Waals surface area contributed by atoms with Crippen LogP contribution in [0.3, 0.4) is 0 Å². The molecule has 0 amide bonds. The van der Waals surface area contributed by atoms with E-state index in [1.807, 2.05) is 0 Å². The second kappa shape index (κ2) is 5.51. The molecule has 0 aliphatic heterocycles. The second-order valence-corrected chi connectivity index (χ2v) is 3.68. The Morgan fingerprint density at radius 3 is 3.14 bits per heavy atom. The highest BCUT2D eigenvalue weighted by Gasteiger charge is 1.99. The fourth-order valence-electron chi connectivity index (χ4n) is 1.00. The van der Waals surface area contributed by atoms with Gasteiger partial charge in [-0.05, 0) is 22.4 Å². The SMILES string of the molecule is C#CCCCNc1cc(N)ncc1Br. The summed E-state index contributed by atoms with van der Waals surface area (Å²) < 4.78 is 0.910. The fourth-order valence-corrected chi connectivity index (χ4v) is 1.36. The molecule has 0 spiro atoms. The first kappa shape index (κ1) is 10.9. The number of hydrogen-bond acceptors (Lipinski definition) is 3. The van der Waals surface area contributed by atoms with Crippen LogP contribution in [-0.4, -0.2) is 11.5 Å². The summed E-state index contributed by atoms with van der Waals surface area (Å²) in [6, 6.07) is 1.79. The first-order chi connectivity index (χ1) is 6.74. The van der Waals surface area contributed by atoms with Gasteiger partial charge < -0.3 is 11.1 Å². The lowest BCUT2D eigenvalue weighted by Gasteiger charge is -2.07. The Bertz CT molecular complexity index is 344. The molecule has 0 saturated heterocycles. The van der Waals surface area contributed by atoms with Gasteiger partial charge >= 0.3 is 0 Å². The average Bonchev–Trinajstić information content (AvgIpc) is 2.18. The predicted octanol–water partition coefficient (Wildman–Crippen LogP) is 2.25. The van der Waals surface area contributed by atoms with Gasteiger partial charge in [-0.3, -0.25) is 0 Å². The molecule has 1 heterocycles. The van der Waals surface area contributed by atoms with Crippen molar-refractivity contribution in [2.24, 2.45) is 0 Å². The molecule has 3 nitrogen and oxygen atoms in total. The summed E-state index contributed by atoms with van der Waals surface area (Å²) in [4.78, 5) is 3.94. The van der Waals surface area contributed by atoms with Crippen LogP contribution < -0.4 is 11.1 Å². The van der Waals surface area contributed by atoms with Crippen molar-refractivity contribution in [1.29, 1.82) is 0 Å². The van der Waals surface area contributed by atoms with E-state index in [0.29, 0.717) is 5.82 Å². The van der Waals surface area contributed by atoms with E-state index >= 15 is 0 Å². The smallest absolute Gasteiger partial charge is 0.125 e. The number of anilines is 2. The first-order valence-electron chi connectivity index (χ1n) is 4.32. The number of nitrogens with two attached hydrogens (primary N) is 1. The molecule has 1 rings (SSSR count). The van der Waals surface area contributed by atoms with E-state index in [1.54, 1.807) is 12.3 Å². The third-order valence-corrected chi connectivity index (χ3v) is 2.32. The third kappa shape index (κ3) is 3.27. The van der Waals surface area contributed by atoms with Crippen molar-refractivity contribution in [3.05, 3.63) is 16.7 Å².